The van der Waals surface area contributed by atoms with Crippen LogP contribution < -0.4 is 5.32 Å². The first-order valence-corrected chi connectivity index (χ1v) is 10.8. The molecule has 1 aliphatic heterocycles. The van der Waals surface area contributed by atoms with Gasteiger partial charge < -0.3 is 15.4 Å². The van der Waals surface area contributed by atoms with Crippen molar-refractivity contribution in [3.05, 3.63) is 66.1 Å². The number of aromatic amines is 2. The third-order valence-electron chi connectivity index (χ3n) is 6.36. The maximum absolute atomic E-state index is 13.9. The van der Waals surface area contributed by atoms with Crippen LogP contribution in [0.25, 0.3) is 44.5 Å². The van der Waals surface area contributed by atoms with Gasteiger partial charge >= 0.3 is 0 Å². The number of phenols is 1. The number of nitrogens with zero attached hydrogens (tertiary/aromatic N) is 2. The van der Waals surface area contributed by atoms with Crippen molar-refractivity contribution in [3.8, 4) is 28.4 Å². The summed E-state index contributed by atoms with van der Waals surface area (Å²) in [5.41, 5.74) is 6.05. The first kappa shape index (κ1) is 19.0. The molecule has 1 saturated heterocycles. The molecule has 0 spiro atoms. The molecule has 0 bridgehead atoms. The van der Waals surface area contributed by atoms with Gasteiger partial charge in [-0.1, -0.05) is 6.07 Å². The van der Waals surface area contributed by atoms with Crippen LogP contribution in [0.4, 0.5) is 4.39 Å². The lowest BCUT2D eigenvalue weighted by molar-refractivity contribution is 0.460. The lowest BCUT2D eigenvalue weighted by atomic mass is 9.89. The van der Waals surface area contributed by atoms with Gasteiger partial charge in [-0.2, -0.15) is 5.10 Å². The minimum absolute atomic E-state index is 0.127. The molecular weight excluding hydrogens is 405 g/mol. The van der Waals surface area contributed by atoms with Crippen molar-refractivity contribution in [3.63, 3.8) is 0 Å². The summed E-state index contributed by atoms with van der Waals surface area (Å²) in [5.74, 6) is -0.0702. The fraction of sp³-hybridized carbons (Fsp3) is 0.200. The van der Waals surface area contributed by atoms with E-state index in [9.17, 15) is 9.50 Å². The molecule has 7 heteroatoms. The van der Waals surface area contributed by atoms with Crippen molar-refractivity contribution in [2.24, 2.45) is 0 Å². The normalized spacial score (nSPS) is 15.0. The number of aromatic hydroxyl groups is 1. The number of nitrogens with one attached hydrogen (secondary N) is 3. The first-order valence-electron chi connectivity index (χ1n) is 10.8. The lowest BCUT2D eigenvalue weighted by Gasteiger charge is -2.23. The summed E-state index contributed by atoms with van der Waals surface area (Å²) in [5, 5.41) is 22.9. The molecule has 1 aliphatic rings. The van der Waals surface area contributed by atoms with E-state index in [2.05, 4.69) is 43.7 Å². The maximum atomic E-state index is 13.9. The molecule has 3 aromatic heterocycles. The molecular formula is C25H22FN5O. The zero-order valence-electron chi connectivity index (χ0n) is 17.3. The van der Waals surface area contributed by atoms with Gasteiger partial charge in [-0.15, -0.1) is 0 Å². The van der Waals surface area contributed by atoms with Crippen molar-refractivity contribution in [1.82, 2.24) is 25.5 Å². The SMILES string of the molecule is Oc1cc(F)cc(-c2nccc3[nH]c(-c4n[nH]c5ccc(C6CCNCC6)cc45)cc23)c1. The molecule has 5 aromatic rings. The minimum Gasteiger partial charge on any atom is -0.508 e. The monoisotopic (exact) mass is 427 g/mol. The number of piperidine rings is 1. The zero-order valence-corrected chi connectivity index (χ0v) is 17.3. The molecule has 6 nitrogen and oxygen atoms in total. The maximum Gasteiger partial charge on any atom is 0.127 e. The summed E-state index contributed by atoms with van der Waals surface area (Å²) in [6.07, 6.45) is 3.96. The summed E-state index contributed by atoms with van der Waals surface area (Å²) in [7, 11) is 0. The molecule has 0 unspecified atom stereocenters. The van der Waals surface area contributed by atoms with Gasteiger partial charge in [0.05, 0.1) is 16.9 Å². The molecule has 0 amide bonds. The Kier molecular flexibility index (Phi) is 4.43. The van der Waals surface area contributed by atoms with Crippen LogP contribution in [-0.4, -0.2) is 38.4 Å². The zero-order chi connectivity index (χ0) is 21.7. The molecule has 1 fully saturated rings. The number of fused-ring (bicyclic) bond motifs is 2. The topological polar surface area (TPSA) is 89.6 Å². The Morgan fingerprint density at radius 2 is 1.75 bits per heavy atom. The number of aromatic nitrogens is 4. The Morgan fingerprint density at radius 3 is 2.59 bits per heavy atom. The van der Waals surface area contributed by atoms with Crippen LogP contribution in [-0.2, 0) is 0 Å². The van der Waals surface area contributed by atoms with Crippen molar-refractivity contribution in [2.45, 2.75) is 18.8 Å². The van der Waals surface area contributed by atoms with Crippen molar-refractivity contribution >= 4 is 21.8 Å². The smallest absolute Gasteiger partial charge is 0.127 e. The molecule has 6 rings (SSSR count). The van der Waals surface area contributed by atoms with Crippen LogP contribution >= 0.6 is 0 Å². The van der Waals surface area contributed by atoms with E-state index < -0.39 is 5.82 Å². The lowest BCUT2D eigenvalue weighted by Crippen LogP contribution is -2.26. The Hall–Kier alpha value is -3.71. The molecule has 4 heterocycles. The van der Waals surface area contributed by atoms with Gasteiger partial charge in [0.1, 0.15) is 17.3 Å². The van der Waals surface area contributed by atoms with Crippen LogP contribution in [0, 0.1) is 5.82 Å². The van der Waals surface area contributed by atoms with Crippen LogP contribution in [0.5, 0.6) is 5.75 Å². The Morgan fingerprint density at radius 1 is 0.906 bits per heavy atom. The van der Waals surface area contributed by atoms with Gasteiger partial charge in [-0.25, -0.2) is 4.39 Å². The third-order valence-corrected chi connectivity index (χ3v) is 6.36. The minimum atomic E-state index is -0.502. The number of benzene rings is 2. The molecule has 4 N–H and O–H groups in total. The van der Waals surface area contributed by atoms with Crippen molar-refractivity contribution in [2.75, 3.05) is 13.1 Å². The number of H-pyrrole nitrogens is 2. The summed E-state index contributed by atoms with van der Waals surface area (Å²) in [6.45, 7) is 2.10. The molecule has 160 valence electrons. The quantitative estimate of drug-likeness (QED) is 0.323. The molecule has 2 aromatic carbocycles. The van der Waals surface area contributed by atoms with Gasteiger partial charge in [0.15, 0.2) is 0 Å². The Bertz CT molecular complexity index is 1430. The summed E-state index contributed by atoms with van der Waals surface area (Å²) >= 11 is 0. The summed E-state index contributed by atoms with van der Waals surface area (Å²) in [4.78, 5) is 7.90. The standard InChI is InChI=1S/C25H22FN5O/c26-17-9-16(10-18(32)12-17)24-20-13-23(29-21(20)5-8-28-24)25-19-11-15(1-2-22(19)30-31-25)14-3-6-27-7-4-14/h1-2,5,8-14,27,29,32H,3-4,6-7H2,(H,30,31). The highest BCUT2D eigenvalue weighted by Gasteiger charge is 2.19. The van der Waals surface area contributed by atoms with Gasteiger partial charge in [-0.05, 0) is 73.8 Å². The Labute approximate surface area is 183 Å². The number of pyridine rings is 1. The fourth-order valence-electron chi connectivity index (χ4n) is 4.77. The van der Waals surface area contributed by atoms with E-state index in [1.165, 1.54) is 17.7 Å². The van der Waals surface area contributed by atoms with Gasteiger partial charge in [0.2, 0.25) is 0 Å². The summed E-state index contributed by atoms with van der Waals surface area (Å²) in [6, 6.07) is 14.4. The number of rotatable bonds is 3. The molecule has 0 radical (unpaired) electrons. The average molecular weight is 427 g/mol. The van der Waals surface area contributed by atoms with E-state index in [1.807, 2.05) is 12.1 Å². The largest absolute Gasteiger partial charge is 0.508 e. The van der Waals surface area contributed by atoms with Crippen LogP contribution in [0.15, 0.2) is 54.7 Å². The van der Waals surface area contributed by atoms with E-state index in [0.717, 1.165) is 65.2 Å². The highest BCUT2D eigenvalue weighted by molar-refractivity contribution is 6.00. The van der Waals surface area contributed by atoms with Crippen LogP contribution in [0.3, 0.4) is 0 Å². The highest BCUT2D eigenvalue weighted by Crippen LogP contribution is 2.35. The van der Waals surface area contributed by atoms with E-state index in [4.69, 9.17) is 0 Å². The van der Waals surface area contributed by atoms with Crippen molar-refractivity contribution < 1.29 is 9.50 Å². The number of hydrogen-bond donors (Lipinski definition) is 4. The van der Waals surface area contributed by atoms with Gasteiger partial charge in [0.25, 0.3) is 0 Å². The second-order valence-electron chi connectivity index (χ2n) is 8.40. The van der Waals surface area contributed by atoms with Gasteiger partial charge in [-0.3, -0.25) is 10.1 Å². The molecule has 0 saturated carbocycles. The predicted molar refractivity (Wildman–Crippen MR) is 123 cm³/mol. The highest BCUT2D eigenvalue weighted by atomic mass is 19.1. The number of halogens is 1. The Balaban J connectivity index is 1.47. The second kappa shape index (κ2) is 7.46. The predicted octanol–water partition coefficient (Wildman–Crippen LogP) is 5.08. The third kappa shape index (κ3) is 3.22. The van der Waals surface area contributed by atoms with Crippen molar-refractivity contribution in [1.29, 1.82) is 0 Å². The first-order chi connectivity index (χ1) is 15.7. The van der Waals surface area contributed by atoms with Crippen LogP contribution in [0.1, 0.15) is 24.3 Å². The number of hydrogen-bond acceptors (Lipinski definition) is 4. The molecule has 32 heavy (non-hydrogen) atoms. The summed E-state index contributed by atoms with van der Waals surface area (Å²) < 4.78 is 13.9. The fourth-order valence-corrected chi connectivity index (χ4v) is 4.77. The van der Waals surface area contributed by atoms with Gasteiger partial charge in [0, 0.05) is 34.1 Å². The molecule has 0 aliphatic carbocycles. The second-order valence-corrected chi connectivity index (χ2v) is 8.40. The van der Waals surface area contributed by atoms with E-state index >= 15 is 0 Å². The van der Waals surface area contributed by atoms with E-state index in [-0.39, 0.29) is 5.75 Å². The average Bonchev–Trinajstić information content (AvgIpc) is 3.42. The van der Waals surface area contributed by atoms with E-state index in [0.29, 0.717) is 17.2 Å². The number of phenolic OH excluding ortho intramolecular Hbond substituents is 1. The van der Waals surface area contributed by atoms with E-state index in [1.54, 1.807) is 6.20 Å². The molecule has 0 atom stereocenters. The van der Waals surface area contributed by atoms with Crippen LogP contribution in [0.2, 0.25) is 0 Å².